The topological polar surface area (TPSA) is 109 Å². The van der Waals surface area contributed by atoms with Crippen molar-refractivity contribution in [2.24, 2.45) is 0 Å². The highest BCUT2D eigenvalue weighted by atomic mass is 32.2. The molecule has 8 nitrogen and oxygen atoms in total. The molecule has 0 aromatic heterocycles. The lowest BCUT2D eigenvalue weighted by atomic mass is 10.2. The number of nitrogens with one attached hydrogen (secondary N) is 1. The zero-order valence-electron chi connectivity index (χ0n) is 16.0. The van der Waals surface area contributed by atoms with Gasteiger partial charge in [0.05, 0.1) is 12.0 Å². The third-order valence-corrected chi connectivity index (χ3v) is 4.92. The van der Waals surface area contributed by atoms with Gasteiger partial charge in [-0.15, -0.1) is 0 Å². The largest absolute Gasteiger partial charge is 0.493 e. The van der Waals surface area contributed by atoms with Crippen LogP contribution in [-0.2, 0) is 9.59 Å². The average molecular weight is 423 g/mol. The van der Waals surface area contributed by atoms with Crippen LogP contribution in [0.5, 0.6) is 11.5 Å². The van der Waals surface area contributed by atoms with Gasteiger partial charge < -0.3 is 14.8 Å². The van der Waals surface area contributed by atoms with Gasteiger partial charge in [-0.25, -0.2) is 0 Å². The summed E-state index contributed by atoms with van der Waals surface area (Å²) in [6.45, 7) is -0.499. The number of hydrogen-bond acceptors (Lipinski definition) is 7. The normalized spacial score (nSPS) is 14.5. The van der Waals surface area contributed by atoms with Crippen molar-refractivity contribution < 1.29 is 23.9 Å². The summed E-state index contributed by atoms with van der Waals surface area (Å²) >= 11 is 0.760. The molecule has 0 unspecified atom stereocenters. The van der Waals surface area contributed by atoms with E-state index in [-0.39, 0.29) is 18.1 Å². The lowest BCUT2D eigenvalue weighted by molar-refractivity contribution is -0.127. The van der Waals surface area contributed by atoms with Crippen LogP contribution in [0.25, 0.3) is 6.08 Å². The number of rotatable bonds is 7. The smallest absolute Gasteiger partial charge is 0.294 e. The van der Waals surface area contributed by atoms with Crippen molar-refractivity contribution in [2.45, 2.75) is 0 Å². The van der Waals surface area contributed by atoms with Gasteiger partial charge in [0.2, 0.25) is 5.91 Å². The minimum Gasteiger partial charge on any atom is -0.493 e. The first-order valence-electron chi connectivity index (χ1n) is 8.80. The molecule has 1 N–H and O–H groups in total. The Morgan fingerprint density at radius 3 is 2.67 bits per heavy atom. The maximum Gasteiger partial charge on any atom is 0.294 e. The van der Waals surface area contributed by atoms with Gasteiger partial charge in [0.15, 0.2) is 18.1 Å². The van der Waals surface area contributed by atoms with Crippen LogP contribution in [0, 0.1) is 11.3 Å². The number of amides is 3. The number of nitrogens with zero attached hydrogens (tertiary/aromatic N) is 2. The second-order valence-corrected chi connectivity index (χ2v) is 7.03. The molecule has 30 heavy (non-hydrogen) atoms. The second-order valence-electron chi connectivity index (χ2n) is 6.04. The number of carbonyl (C=O) groups excluding carboxylic acids is 3. The summed E-state index contributed by atoms with van der Waals surface area (Å²) in [7, 11) is 1.46. The van der Waals surface area contributed by atoms with Crippen LogP contribution >= 0.6 is 11.8 Å². The summed E-state index contributed by atoms with van der Waals surface area (Å²) in [6, 6.07) is 15.6. The lowest BCUT2D eigenvalue weighted by Crippen LogP contribution is -2.36. The van der Waals surface area contributed by atoms with E-state index in [9.17, 15) is 14.4 Å². The first-order valence-corrected chi connectivity index (χ1v) is 9.61. The Balaban J connectivity index is 1.71. The Hall–Kier alpha value is -3.77. The number of hydrogen-bond donors (Lipinski definition) is 1. The van der Waals surface area contributed by atoms with Crippen LogP contribution in [0.4, 0.5) is 10.5 Å². The van der Waals surface area contributed by atoms with Crippen LogP contribution in [0.3, 0.4) is 0 Å². The van der Waals surface area contributed by atoms with Gasteiger partial charge in [-0.3, -0.25) is 19.3 Å². The molecule has 2 aromatic carbocycles. The van der Waals surface area contributed by atoms with Crippen molar-refractivity contribution in [3.63, 3.8) is 0 Å². The highest BCUT2D eigenvalue weighted by Crippen LogP contribution is 2.34. The molecule has 0 atom stereocenters. The summed E-state index contributed by atoms with van der Waals surface area (Å²) < 4.78 is 10.5. The van der Waals surface area contributed by atoms with E-state index in [1.54, 1.807) is 42.5 Å². The predicted octanol–water partition coefficient (Wildman–Crippen LogP) is 3.27. The Bertz CT molecular complexity index is 1050. The Morgan fingerprint density at radius 2 is 1.97 bits per heavy atom. The minimum absolute atomic E-state index is 0.125. The molecule has 1 aliphatic rings. The third-order valence-electron chi connectivity index (χ3n) is 4.01. The molecule has 0 aliphatic carbocycles. The number of benzene rings is 2. The van der Waals surface area contributed by atoms with E-state index in [1.165, 1.54) is 13.2 Å². The highest BCUT2D eigenvalue weighted by Gasteiger charge is 2.36. The standard InChI is InChI=1S/C21H17N3O5S/c1-28-17-11-14(7-8-16(17)29-10-9-22)12-18-20(26)24(21(27)30-18)13-19(25)23-15-5-3-2-4-6-15/h2-8,11-12H,10,13H2,1H3,(H,23,25). The van der Waals surface area contributed by atoms with Gasteiger partial charge >= 0.3 is 0 Å². The molecule has 3 rings (SSSR count). The summed E-state index contributed by atoms with van der Waals surface area (Å²) in [5.74, 6) is -0.232. The Morgan fingerprint density at radius 1 is 1.20 bits per heavy atom. The number of ether oxygens (including phenoxy) is 2. The molecule has 0 bridgehead atoms. The van der Waals surface area contributed by atoms with E-state index in [4.69, 9.17) is 14.7 Å². The molecule has 3 amide bonds. The molecular weight excluding hydrogens is 406 g/mol. The first-order chi connectivity index (χ1) is 14.5. The summed E-state index contributed by atoms with van der Waals surface area (Å²) in [6.07, 6.45) is 1.54. The molecular formula is C21H17N3O5S. The highest BCUT2D eigenvalue weighted by molar-refractivity contribution is 8.18. The predicted molar refractivity (Wildman–Crippen MR) is 112 cm³/mol. The zero-order chi connectivity index (χ0) is 21.5. The van der Waals surface area contributed by atoms with Gasteiger partial charge in [-0.1, -0.05) is 24.3 Å². The number of imide groups is 1. The number of para-hydroxylation sites is 1. The molecule has 152 valence electrons. The summed E-state index contributed by atoms with van der Waals surface area (Å²) in [5, 5.41) is 10.8. The maximum absolute atomic E-state index is 12.6. The number of methoxy groups -OCH3 is 1. The molecule has 1 heterocycles. The number of carbonyl (C=O) groups is 3. The van der Waals surface area contributed by atoms with Gasteiger partial charge in [-0.2, -0.15) is 5.26 Å². The van der Waals surface area contributed by atoms with Gasteiger partial charge in [-0.05, 0) is 47.7 Å². The van der Waals surface area contributed by atoms with Crippen LogP contribution in [0.2, 0.25) is 0 Å². The quantitative estimate of drug-likeness (QED) is 0.681. The van der Waals surface area contributed by atoms with Crippen molar-refractivity contribution in [2.75, 3.05) is 25.6 Å². The molecule has 2 aromatic rings. The van der Waals surface area contributed by atoms with Crippen LogP contribution < -0.4 is 14.8 Å². The Labute approximate surface area is 177 Å². The van der Waals surface area contributed by atoms with Crippen molar-refractivity contribution in [1.29, 1.82) is 5.26 Å². The van der Waals surface area contributed by atoms with Gasteiger partial charge in [0, 0.05) is 5.69 Å². The number of thioether (sulfide) groups is 1. The second kappa shape index (κ2) is 9.62. The molecule has 0 radical (unpaired) electrons. The van der Waals surface area contributed by atoms with E-state index in [2.05, 4.69) is 5.32 Å². The monoisotopic (exact) mass is 423 g/mol. The van der Waals surface area contributed by atoms with Crippen LogP contribution in [0.15, 0.2) is 53.4 Å². The van der Waals surface area contributed by atoms with Crippen molar-refractivity contribution in [3.8, 4) is 17.6 Å². The van der Waals surface area contributed by atoms with E-state index in [1.807, 2.05) is 12.1 Å². The molecule has 1 aliphatic heterocycles. The van der Waals surface area contributed by atoms with E-state index in [0.717, 1.165) is 16.7 Å². The van der Waals surface area contributed by atoms with E-state index >= 15 is 0 Å². The van der Waals surface area contributed by atoms with Crippen LogP contribution in [0.1, 0.15) is 5.56 Å². The fourth-order valence-electron chi connectivity index (χ4n) is 2.66. The van der Waals surface area contributed by atoms with E-state index in [0.29, 0.717) is 22.7 Å². The maximum atomic E-state index is 12.6. The zero-order valence-corrected chi connectivity index (χ0v) is 16.8. The molecule has 0 spiro atoms. The fraction of sp³-hybridized carbons (Fsp3) is 0.143. The Kier molecular flexibility index (Phi) is 6.72. The molecule has 9 heteroatoms. The SMILES string of the molecule is COc1cc(C=C2SC(=O)N(CC(=O)Nc3ccccc3)C2=O)ccc1OCC#N. The molecule has 1 fully saturated rings. The summed E-state index contributed by atoms with van der Waals surface area (Å²) in [4.78, 5) is 38.1. The first kappa shape index (κ1) is 21.0. The van der Waals surface area contributed by atoms with Crippen molar-refractivity contribution >= 4 is 40.6 Å². The van der Waals surface area contributed by atoms with Crippen molar-refractivity contribution in [3.05, 3.63) is 59.0 Å². The van der Waals surface area contributed by atoms with E-state index < -0.39 is 17.1 Å². The summed E-state index contributed by atoms with van der Waals surface area (Å²) in [5.41, 5.74) is 1.19. The number of anilines is 1. The van der Waals surface area contributed by atoms with Crippen LogP contribution in [-0.4, -0.2) is 42.2 Å². The van der Waals surface area contributed by atoms with Crippen molar-refractivity contribution in [1.82, 2.24) is 4.90 Å². The minimum atomic E-state index is -0.544. The average Bonchev–Trinajstić information content (AvgIpc) is 3.00. The van der Waals surface area contributed by atoms with Gasteiger partial charge in [0.25, 0.3) is 11.1 Å². The third kappa shape index (κ3) is 4.98. The van der Waals surface area contributed by atoms with Gasteiger partial charge in [0.1, 0.15) is 12.6 Å². The molecule has 0 saturated carbocycles. The molecule has 1 saturated heterocycles. The lowest BCUT2D eigenvalue weighted by Gasteiger charge is -2.12. The number of nitriles is 1. The fourth-order valence-corrected chi connectivity index (χ4v) is 3.49.